The summed E-state index contributed by atoms with van der Waals surface area (Å²) in [5.74, 6) is 0. The molecular weight excluding hydrogens is 334 g/mol. The van der Waals surface area contributed by atoms with Crippen LogP contribution in [0.3, 0.4) is 0 Å². The quantitative estimate of drug-likeness (QED) is 0.658. The lowest BCUT2D eigenvalue weighted by Gasteiger charge is -2.19. The number of sulfonamides is 1. The molecule has 0 saturated carbocycles. The van der Waals surface area contributed by atoms with Crippen LogP contribution in [0.25, 0.3) is 0 Å². The number of anilines is 1. The Kier molecular flexibility index (Phi) is 5.52. The van der Waals surface area contributed by atoms with Crippen molar-refractivity contribution in [2.45, 2.75) is 31.1 Å². The highest BCUT2D eigenvalue weighted by molar-refractivity contribution is 7.89. The standard InChI is InChI=1S/C19H25N3O2S/c1-19(2,3)16-8-12-18(13-9-16)25(23,24)21-20-14-15-6-10-17(11-7-15)22(4)5/h6-14,21H,1-5H3/b20-14-. The Morgan fingerprint density at radius 3 is 2.00 bits per heavy atom. The molecule has 6 heteroatoms. The highest BCUT2D eigenvalue weighted by Gasteiger charge is 2.16. The maximum Gasteiger partial charge on any atom is 0.276 e. The molecule has 0 aliphatic heterocycles. The average Bonchev–Trinajstić information content (AvgIpc) is 2.54. The number of hydrogen-bond acceptors (Lipinski definition) is 4. The van der Waals surface area contributed by atoms with Crippen LogP contribution in [-0.2, 0) is 15.4 Å². The van der Waals surface area contributed by atoms with Crippen LogP contribution in [0.5, 0.6) is 0 Å². The molecule has 2 aromatic carbocycles. The summed E-state index contributed by atoms with van der Waals surface area (Å²) in [4.78, 5) is 4.44. The molecule has 0 aliphatic carbocycles. The van der Waals surface area contributed by atoms with Gasteiger partial charge in [0, 0.05) is 19.8 Å². The first-order valence-electron chi connectivity index (χ1n) is 8.02. The topological polar surface area (TPSA) is 61.8 Å². The summed E-state index contributed by atoms with van der Waals surface area (Å²) in [6, 6.07) is 14.5. The SMILES string of the molecule is CN(C)c1ccc(/C=N\NS(=O)(=O)c2ccc(C(C)(C)C)cc2)cc1. The first-order chi connectivity index (χ1) is 11.6. The minimum absolute atomic E-state index is 0.0212. The molecule has 0 fully saturated rings. The predicted molar refractivity (Wildman–Crippen MR) is 104 cm³/mol. The zero-order valence-electron chi connectivity index (χ0n) is 15.3. The molecule has 2 rings (SSSR count). The van der Waals surface area contributed by atoms with Gasteiger partial charge in [-0.3, -0.25) is 0 Å². The molecule has 5 nitrogen and oxygen atoms in total. The van der Waals surface area contributed by atoms with E-state index in [1.54, 1.807) is 12.1 Å². The van der Waals surface area contributed by atoms with E-state index >= 15 is 0 Å². The molecule has 0 amide bonds. The van der Waals surface area contributed by atoms with Gasteiger partial charge in [-0.2, -0.15) is 13.5 Å². The van der Waals surface area contributed by atoms with Gasteiger partial charge in [-0.25, -0.2) is 4.83 Å². The molecular formula is C19H25N3O2S. The lowest BCUT2D eigenvalue weighted by molar-refractivity contribution is 0.580. The van der Waals surface area contributed by atoms with Crippen molar-refractivity contribution in [3.63, 3.8) is 0 Å². The average molecular weight is 359 g/mol. The predicted octanol–water partition coefficient (Wildman–Crippen LogP) is 3.36. The fraction of sp³-hybridized carbons (Fsp3) is 0.316. The molecule has 0 radical (unpaired) electrons. The lowest BCUT2D eigenvalue weighted by Crippen LogP contribution is -2.19. The van der Waals surface area contributed by atoms with E-state index in [2.05, 4.69) is 30.7 Å². The summed E-state index contributed by atoms with van der Waals surface area (Å²) in [5.41, 5.74) is 2.94. The number of hydrogen-bond donors (Lipinski definition) is 1. The van der Waals surface area contributed by atoms with Crippen LogP contribution < -0.4 is 9.73 Å². The number of rotatable bonds is 5. The number of nitrogens with one attached hydrogen (secondary N) is 1. The van der Waals surface area contributed by atoms with Gasteiger partial charge in [-0.1, -0.05) is 45.0 Å². The summed E-state index contributed by atoms with van der Waals surface area (Å²) in [6.45, 7) is 6.25. The third-order valence-electron chi connectivity index (χ3n) is 3.83. The van der Waals surface area contributed by atoms with Crippen molar-refractivity contribution in [2.75, 3.05) is 19.0 Å². The number of nitrogens with zero attached hydrogens (tertiary/aromatic N) is 2. The van der Waals surface area contributed by atoms with Crippen molar-refractivity contribution in [3.8, 4) is 0 Å². The van der Waals surface area contributed by atoms with E-state index in [-0.39, 0.29) is 10.3 Å². The van der Waals surface area contributed by atoms with Crippen LogP contribution in [0.4, 0.5) is 5.69 Å². The summed E-state index contributed by atoms with van der Waals surface area (Å²) >= 11 is 0. The maximum atomic E-state index is 12.3. The van der Waals surface area contributed by atoms with E-state index < -0.39 is 10.0 Å². The summed E-state index contributed by atoms with van der Waals surface area (Å²) in [5, 5.41) is 3.86. The van der Waals surface area contributed by atoms with Crippen molar-refractivity contribution >= 4 is 21.9 Å². The molecule has 0 bridgehead atoms. The Morgan fingerprint density at radius 1 is 0.960 bits per heavy atom. The van der Waals surface area contributed by atoms with Gasteiger partial charge in [0.1, 0.15) is 0 Å². The van der Waals surface area contributed by atoms with Gasteiger partial charge < -0.3 is 4.90 Å². The lowest BCUT2D eigenvalue weighted by atomic mass is 9.87. The largest absolute Gasteiger partial charge is 0.378 e. The minimum Gasteiger partial charge on any atom is -0.378 e. The van der Waals surface area contributed by atoms with Gasteiger partial charge in [-0.05, 0) is 40.8 Å². The minimum atomic E-state index is -3.67. The molecule has 2 aromatic rings. The van der Waals surface area contributed by atoms with Crippen molar-refractivity contribution < 1.29 is 8.42 Å². The van der Waals surface area contributed by atoms with Gasteiger partial charge in [-0.15, -0.1) is 0 Å². The first-order valence-corrected chi connectivity index (χ1v) is 9.51. The Morgan fingerprint density at radius 2 is 1.52 bits per heavy atom. The Balaban J connectivity index is 2.08. The van der Waals surface area contributed by atoms with Gasteiger partial charge in [0.2, 0.25) is 0 Å². The Bertz CT molecular complexity index is 832. The number of hydrazone groups is 1. The first kappa shape index (κ1) is 19.0. The molecule has 0 unspecified atom stereocenters. The third-order valence-corrected chi connectivity index (χ3v) is 5.07. The van der Waals surface area contributed by atoms with Crippen LogP contribution >= 0.6 is 0 Å². The summed E-state index contributed by atoms with van der Waals surface area (Å²) in [6.07, 6.45) is 1.49. The van der Waals surface area contributed by atoms with Crippen molar-refractivity contribution in [1.29, 1.82) is 0 Å². The molecule has 1 N–H and O–H groups in total. The zero-order chi connectivity index (χ0) is 18.7. The monoisotopic (exact) mass is 359 g/mol. The van der Waals surface area contributed by atoms with Crippen LogP contribution in [0.1, 0.15) is 31.9 Å². The molecule has 25 heavy (non-hydrogen) atoms. The van der Waals surface area contributed by atoms with Crippen molar-refractivity contribution in [2.24, 2.45) is 5.10 Å². The maximum absolute atomic E-state index is 12.3. The molecule has 0 spiro atoms. The van der Waals surface area contributed by atoms with Crippen LogP contribution in [0.2, 0.25) is 0 Å². The van der Waals surface area contributed by atoms with E-state index in [9.17, 15) is 8.42 Å². The van der Waals surface area contributed by atoms with E-state index in [1.807, 2.05) is 55.4 Å². The second kappa shape index (κ2) is 7.27. The van der Waals surface area contributed by atoms with Crippen LogP contribution in [0, 0.1) is 0 Å². The molecule has 0 saturated heterocycles. The van der Waals surface area contributed by atoms with E-state index in [0.29, 0.717) is 0 Å². The van der Waals surface area contributed by atoms with E-state index in [1.165, 1.54) is 6.21 Å². The van der Waals surface area contributed by atoms with Gasteiger partial charge >= 0.3 is 0 Å². The Hall–Kier alpha value is -2.34. The smallest absolute Gasteiger partial charge is 0.276 e. The summed E-state index contributed by atoms with van der Waals surface area (Å²) in [7, 11) is 0.251. The summed E-state index contributed by atoms with van der Waals surface area (Å²) < 4.78 is 24.6. The molecule has 0 aromatic heterocycles. The van der Waals surface area contributed by atoms with E-state index in [4.69, 9.17) is 0 Å². The third kappa shape index (κ3) is 5.06. The molecule has 0 heterocycles. The highest BCUT2D eigenvalue weighted by atomic mass is 32.2. The Labute approximate surface area is 150 Å². The zero-order valence-corrected chi connectivity index (χ0v) is 16.1. The van der Waals surface area contributed by atoms with Gasteiger partial charge in [0.25, 0.3) is 10.0 Å². The van der Waals surface area contributed by atoms with Gasteiger partial charge in [0.05, 0.1) is 11.1 Å². The number of benzene rings is 2. The van der Waals surface area contributed by atoms with Gasteiger partial charge in [0.15, 0.2) is 0 Å². The molecule has 0 atom stereocenters. The van der Waals surface area contributed by atoms with Crippen LogP contribution in [-0.4, -0.2) is 28.7 Å². The second-order valence-electron chi connectivity index (χ2n) is 7.11. The normalized spacial score (nSPS) is 12.4. The van der Waals surface area contributed by atoms with Crippen molar-refractivity contribution in [1.82, 2.24) is 4.83 Å². The molecule has 134 valence electrons. The fourth-order valence-corrected chi connectivity index (χ4v) is 3.01. The fourth-order valence-electron chi connectivity index (χ4n) is 2.22. The molecule has 0 aliphatic rings. The second-order valence-corrected chi connectivity index (χ2v) is 8.77. The van der Waals surface area contributed by atoms with Crippen molar-refractivity contribution in [3.05, 3.63) is 59.7 Å². The van der Waals surface area contributed by atoms with E-state index in [0.717, 1.165) is 16.8 Å². The highest BCUT2D eigenvalue weighted by Crippen LogP contribution is 2.23. The van der Waals surface area contributed by atoms with Crippen LogP contribution in [0.15, 0.2) is 58.5 Å².